The highest BCUT2D eigenvalue weighted by atomic mass is 16.5. The first-order valence-electron chi connectivity index (χ1n) is 5.36. The van der Waals surface area contributed by atoms with E-state index >= 15 is 0 Å². The first-order chi connectivity index (χ1) is 6.86. The summed E-state index contributed by atoms with van der Waals surface area (Å²) in [5.41, 5.74) is 4.30. The maximum Gasteiger partial charge on any atom is 0.142 e. The van der Waals surface area contributed by atoms with Crippen molar-refractivity contribution in [2.24, 2.45) is 0 Å². The normalized spacial score (nSPS) is 18.8. The summed E-state index contributed by atoms with van der Waals surface area (Å²) in [7, 11) is 0. The number of hydrogen-bond acceptors (Lipinski definition) is 2. The molecule has 2 aliphatic rings. The third-order valence-electron chi connectivity index (χ3n) is 3.27. The summed E-state index contributed by atoms with van der Waals surface area (Å²) in [6, 6.07) is 4.30. The Balaban J connectivity index is 2.22. The molecule has 1 aromatic carbocycles. The van der Waals surface area contributed by atoms with Crippen LogP contribution >= 0.6 is 0 Å². The molecule has 0 N–H and O–H groups in total. The van der Waals surface area contributed by atoms with Gasteiger partial charge >= 0.3 is 0 Å². The molecule has 14 heavy (non-hydrogen) atoms. The van der Waals surface area contributed by atoms with Crippen molar-refractivity contribution in [3.63, 3.8) is 0 Å². The predicted molar refractivity (Wildman–Crippen MR) is 57.2 cm³/mol. The summed E-state index contributed by atoms with van der Waals surface area (Å²) in [5.74, 6) is 1.09. The second-order valence-corrected chi connectivity index (χ2v) is 4.15. The van der Waals surface area contributed by atoms with Crippen LogP contribution in [0.15, 0.2) is 12.1 Å². The van der Waals surface area contributed by atoms with Gasteiger partial charge in [0, 0.05) is 6.54 Å². The van der Waals surface area contributed by atoms with Gasteiger partial charge in [0.25, 0.3) is 0 Å². The fourth-order valence-electron chi connectivity index (χ4n) is 2.54. The lowest BCUT2D eigenvalue weighted by molar-refractivity contribution is 0.304. The number of nitrogens with zero attached hydrogens (tertiary/aromatic N) is 1. The van der Waals surface area contributed by atoms with Gasteiger partial charge < -0.3 is 9.64 Å². The maximum atomic E-state index is 5.68. The van der Waals surface area contributed by atoms with Crippen LogP contribution in [0.5, 0.6) is 5.75 Å². The minimum atomic E-state index is 0.843. The SMILES string of the molecule is Cc1ccc2c3c1CCCN3CCO2. The number of hydrogen-bond donors (Lipinski definition) is 0. The lowest BCUT2D eigenvalue weighted by atomic mass is 9.96. The molecule has 74 valence electrons. The van der Waals surface area contributed by atoms with E-state index in [1.807, 2.05) is 0 Å². The van der Waals surface area contributed by atoms with Gasteiger partial charge in [-0.3, -0.25) is 0 Å². The van der Waals surface area contributed by atoms with E-state index in [9.17, 15) is 0 Å². The molecule has 0 atom stereocenters. The van der Waals surface area contributed by atoms with Crippen LogP contribution in [0.25, 0.3) is 0 Å². The lowest BCUT2D eigenvalue weighted by Gasteiger charge is -2.37. The topological polar surface area (TPSA) is 12.5 Å². The zero-order valence-electron chi connectivity index (χ0n) is 8.55. The Morgan fingerprint density at radius 1 is 1.29 bits per heavy atom. The summed E-state index contributed by atoms with van der Waals surface area (Å²) in [6.07, 6.45) is 2.51. The third-order valence-corrected chi connectivity index (χ3v) is 3.27. The van der Waals surface area contributed by atoms with Crippen LogP contribution in [-0.2, 0) is 6.42 Å². The van der Waals surface area contributed by atoms with Crippen molar-refractivity contribution in [1.82, 2.24) is 0 Å². The summed E-state index contributed by atoms with van der Waals surface area (Å²) >= 11 is 0. The standard InChI is InChI=1S/C12H15NO/c1-9-4-5-11-12-10(9)3-2-6-13(12)7-8-14-11/h4-5H,2-3,6-8H2,1H3. The van der Waals surface area contributed by atoms with Crippen LogP contribution in [0, 0.1) is 6.92 Å². The van der Waals surface area contributed by atoms with Crippen LogP contribution in [0.1, 0.15) is 17.5 Å². The van der Waals surface area contributed by atoms with Gasteiger partial charge in [-0.05, 0) is 37.0 Å². The largest absolute Gasteiger partial charge is 0.490 e. The Morgan fingerprint density at radius 2 is 2.21 bits per heavy atom. The van der Waals surface area contributed by atoms with Crippen LogP contribution in [0.2, 0.25) is 0 Å². The molecule has 3 rings (SSSR count). The first-order valence-corrected chi connectivity index (χ1v) is 5.36. The second kappa shape index (κ2) is 2.91. The zero-order valence-corrected chi connectivity index (χ0v) is 8.55. The van der Waals surface area contributed by atoms with Crippen molar-refractivity contribution in [2.75, 3.05) is 24.6 Å². The van der Waals surface area contributed by atoms with Gasteiger partial charge in [0.15, 0.2) is 0 Å². The second-order valence-electron chi connectivity index (χ2n) is 4.15. The van der Waals surface area contributed by atoms with Gasteiger partial charge in [-0.2, -0.15) is 0 Å². The van der Waals surface area contributed by atoms with Crippen molar-refractivity contribution in [2.45, 2.75) is 19.8 Å². The van der Waals surface area contributed by atoms with Crippen LogP contribution in [0.4, 0.5) is 5.69 Å². The van der Waals surface area contributed by atoms with E-state index in [0.29, 0.717) is 0 Å². The van der Waals surface area contributed by atoms with Crippen molar-refractivity contribution >= 4 is 5.69 Å². The molecule has 0 aliphatic carbocycles. The number of aryl methyl sites for hydroxylation is 1. The number of rotatable bonds is 0. The minimum Gasteiger partial charge on any atom is -0.490 e. The molecule has 0 unspecified atom stereocenters. The monoisotopic (exact) mass is 189 g/mol. The first kappa shape index (κ1) is 8.16. The van der Waals surface area contributed by atoms with E-state index in [1.165, 1.54) is 36.2 Å². The van der Waals surface area contributed by atoms with E-state index < -0.39 is 0 Å². The van der Waals surface area contributed by atoms with E-state index in [1.54, 1.807) is 0 Å². The highest BCUT2D eigenvalue weighted by Crippen LogP contribution is 2.39. The van der Waals surface area contributed by atoms with E-state index in [-0.39, 0.29) is 0 Å². The summed E-state index contributed by atoms with van der Waals surface area (Å²) in [5, 5.41) is 0. The molecule has 2 aliphatic heterocycles. The Bertz CT molecular complexity index is 371. The van der Waals surface area contributed by atoms with Crippen LogP contribution in [-0.4, -0.2) is 19.7 Å². The van der Waals surface area contributed by atoms with Gasteiger partial charge in [-0.1, -0.05) is 6.07 Å². The molecule has 0 bridgehead atoms. The van der Waals surface area contributed by atoms with Crippen molar-refractivity contribution in [3.8, 4) is 5.75 Å². The summed E-state index contributed by atoms with van der Waals surface area (Å²) in [4.78, 5) is 2.48. The molecular weight excluding hydrogens is 174 g/mol. The van der Waals surface area contributed by atoms with E-state index in [0.717, 1.165) is 18.9 Å². The van der Waals surface area contributed by atoms with Crippen molar-refractivity contribution in [1.29, 1.82) is 0 Å². The number of anilines is 1. The van der Waals surface area contributed by atoms with Gasteiger partial charge in [-0.15, -0.1) is 0 Å². The van der Waals surface area contributed by atoms with Gasteiger partial charge in [-0.25, -0.2) is 0 Å². The molecule has 1 aromatic rings. The number of benzene rings is 1. The molecule has 2 nitrogen and oxygen atoms in total. The van der Waals surface area contributed by atoms with Crippen molar-refractivity contribution < 1.29 is 4.74 Å². The highest BCUT2D eigenvalue weighted by Gasteiger charge is 2.25. The molecule has 0 radical (unpaired) electrons. The average Bonchev–Trinajstić information content (AvgIpc) is 2.24. The van der Waals surface area contributed by atoms with Gasteiger partial charge in [0.2, 0.25) is 0 Å². The molecule has 0 saturated heterocycles. The Labute approximate surface area is 84.5 Å². The summed E-state index contributed by atoms with van der Waals surface area (Å²) in [6.45, 7) is 5.31. The van der Waals surface area contributed by atoms with E-state index in [2.05, 4.69) is 24.0 Å². The summed E-state index contributed by atoms with van der Waals surface area (Å²) < 4.78 is 5.68. The fraction of sp³-hybridized carbons (Fsp3) is 0.500. The van der Waals surface area contributed by atoms with E-state index in [4.69, 9.17) is 4.74 Å². The molecule has 2 heteroatoms. The van der Waals surface area contributed by atoms with Crippen molar-refractivity contribution in [3.05, 3.63) is 23.3 Å². The molecule has 0 aromatic heterocycles. The highest BCUT2D eigenvalue weighted by molar-refractivity contribution is 5.68. The lowest BCUT2D eigenvalue weighted by Crippen LogP contribution is -2.37. The molecular formula is C12H15NO. The molecule has 0 amide bonds. The Morgan fingerprint density at radius 3 is 3.14 bits per heavy atom. The molecule has 2 heterocycles. The van der Waals surface area contributed by atoms with Gasteiger partial charge in [0.1, 0.15) is 12.4 Å². The average molecular weight is 189 g/mol. The third kappa shape index (κ3) is 1.03. The molecule has 0 spiro atoms. The van der Waals surface area contributed by atoms with Gasteiger partial charge in [0.05, 0.1) is 12.2 Å². The van der Waals surface area contributed by atoms with Crippen LogP contribution < -0.4 is 9.64 Å². The maximum absolute atomic E-state index is 5.68. The fourth-order valence-corrected chi connectivity index (χ4v) is 2.54. The Kier molecular flexibility index (Phi) is 1.69. The number of ether oxygens (including phenoxy) is 1. The Hall–Kier alpha value is -1.18. The molecule has 0 saturated carbocycles. The molecule has 0 fully saturated rings. The zero-order chi connectivity index (χ0) is 9.54. The quantitative estimate of drug-likeness (QED) is 0.620. The minimum absolute atomic E-state index is 0.843. The van der Waals surface area contributed by atoms with Crippen LogP contribution in [0.3, 0.4) is 0 Å². The predicted octanol–water partition coefficient (Wildman–Crippen LogP) is 2.14. The smallest absolute Gasteiger partial charge is 0.142 e.